The molecule has 0 bridgehead atoms. The molecule has 0 aliphatic heterocycles. The number of methoxy groups -OCH3 is 1. The predicted octanol–water partition coefficient (Wildman–Crippen LogP) is 3.59. The summed E-state index contributed by atoms with van der Waals surface area (Å²) in [6.45, 7) is 2.12. The monoisotopic (exact) mass is 369 g/mol. The number of nitrogens with two attached hydrogens (primary N) is 1. The first-order valence-corrected chi connectivity index (χ1v) is 8.88. The Morgan fingerprint density at radius 2 is 1.73 bits per heavy atom. The third kappa shape index (κ3) is 4.97. The maximum Gasteiger partial charge on any atom is 0.180 e. The van der Waals surface area contributed by atoms with Crippen molar-refractivity contribution in [1.82, 2.24) is 4.98 Å². The average Bonchev–Trinajstić information content (AvgIpc) is 2.68. The number of pyridine rings is 1. The summed E-state index contributed by atoms with van der Waals surface area (Å²) in [6, 6.07) is 18.1. The van der Waals surface area contributed by atoms with E-state index in [1.807, 2.05) is 30.3 Å². The van der Waals surface area contributed by atoms with Crippen LogP contribution in [0.25, 0.3) is 0 Å². The van der Waals surface area contributed by atoms with Crippen molar-refractivity contribution in [1.29, 1.82) is 0 Å². The number of hydrogen-bond acceptors (Lipinski definition) is 3. The fraction of sp³-hybridized carbons (Fsp3) is 0.190. The van der Waals surface area contributed by atoms with E-state index in [0.717, 1.165) is 24.2 Å². The predicted molar refractivity (Wildman–Crippen MR) is 102 cm³/mol. The minimum absolute atomic E-state index is 0.392. The van der Waals surface area contributed by atoms with Gasteiger partial charge in [0.1, 0.15) is 19.7 Å². The molecule has 3 rings (SSSR count). The van der Waals surface area contributed by atoms with Crippen LogP contribution in [0.5, 0.6) is 11.5 Å². The smallest absolute Gasteiger partial charge is 0.180 e. The zero-order chi connectivity index (χ0) is 18.2. The maximum absolute atomic E-state index is 6.44. The lowest BCUT2D eigenvalue weighted by Crippen LogP contribution is -2.80. The van der Waals surface area contributed by atoms with E-state index in [-0.39, 0.29) is 0 Å². The molecule has 0 atom stereocenters. The molecule has 0 amide bonds. The van der Waals surface area contributed by atoms with Crippen LogP contribution in [-0.2, 0) is 19.7 Å². The average molecular weight is 370 g/mol. The molecule has 26 heavy (non-hydrogen) atoms. The quantitative estimate of drug-likeness (QED) is 0.660. The van der Waals surface area contributed by atoms with Crippen LogP contribution in [0.4, 0.5) is 0 Å². The minimum Gasteiger partial charge on any atom is -0.493 e. The van der Waals surface area contributed by atoms with E-state index in [0.29, 0.717) is 23.1 Å². The Labute approximate surface area is 158 Å². The zero-order valence-electron chi connectivity index (χ0n) is 14.7. The van der Waals surface area contributed by atoms with Gasteiger partial charge in [-0.15, -0.1) is 0 Å². The number of benzene rings is 2. The van der Waals surface area contributed by atoms with Crippen molar-refractivity contribution >= 4 is 11.6 Å². The Balaban J connectivity index is 1.64. The number of halogens is 1. The molecule has 0 radical (unpaired) electrons. The molecule has 5 heteroatoms. The van der Waals surface area contributed by atoms with Crippen LogP contribution in [0.1, 0.15) is 16.7 Å². The molecular formula is C21H22ClN2O2+. The summed E-state index contributed by atoms with van der Waals surface area (Å²) in [5, 5.41) is 2.78. The summed E-state index contributed by atoms with van der Waals surface area (Å²) < 4.78 is 11.3. The second-order valence-electron chi connectivity index (χ2n) is 5.94. The molecule has 2 N–H and O–H groups in total. The van der Waals surface area contributed by atoms with Gasteiger partial charge in [-0.3, -0.25) is 4.98 Å². The van der Waals surface area contributed by atoms with Crippen molar-refractivity contribution in [2.45, 2.75) is 19.7 Å². The number of rotatable bonds is 8. The second-order valence-corrected chi connectivity index (χ2v) is 6.35. The Kier molecular flexibility index (Phi) is 6.47. The van der Waals surface area contributed by atoms with E-state index in [1.165, 1.54) is 5.56 Å². The van der Waals surface area contributed by atoms with Gasteiger partial charge >= 0.3 is 0 Å². The first-order valence-electron chi connectivity index (χ1n) is 8.50. The lowest BCUT2D eigenvalue weighted by Gasteiger charge is -2.14. The summed E-state index contributed by atoms with van der Waals surface area (Å²) in [6.07, 6.45) is 3.51. The highest BCUT2D eigenvalue weighted by molar-refractivity contribution is 6.32. The third-order valence-corrected chi connectivity index (χ3v) is 4.28. The fourth-order valence-electron chi connectivity index (χ4n) is 2.69. The molecule has 0 aliphatic carbocycles. The van der Waals surface area contributed by atoms with Crippen LogP contribution < -0.4 is 14.8 Å². The lowest BCUT2D eigenvalue weighted by atomic mass is 10.2. The molecule has 0 saturated carbocycles. The molecule has 0 unspecified atom stereocenters. The summed E-state index contributed by atoms with van der Waals surface area (Å²) >= 11 is 6.44. The van der Waals surface area contributed by atoms with Gasteiger partial charge in [-0.1, -0.05) is 48.0 Å². The molecule has 0 fully saturated rings. The highest BCUT2D eigenvalue weighted by Crippen LogP contribution is 2.36. The van der Waals surface area contributed by atoms with Crippen LogP contribution in [0, 0.1) is 0 Å². The maximum atomic E-state index is 6.44. The van der Waals surface area contributed by atoms with Gasteiger partial charge in [0, 0.05) is 29.1 Å². The van der Waals surface area contributed by atoms with Crippen molar-refractivity contribution in [3.63, 3.8) is 0 Å². The Morgan fingerprint density at radius 1 is 0.962 bits per heavy atom. The van der Waals surface area contributed by atoms with Crippen LogP contribution in [0.2, 0.25) is 5.02 Å². The van der Waals surface area contributed by atoms with E-state index in [2.05, 4.69) is 34.6 Å². The summed E-state index contributed by atoms with van der Waals surface area (Å²) in [5.41, 5.74) is 3.37. The van der Waals surface area contributed by atoms with Gasteiger partial charge in [0.15, 0.2) is 11.5 Å². The first-order chi connectivity index (χ1) is 12.8. The summed E-state index contributed by atoms with van der Waals surface area (Å²) in [5.74, 6) is 1.20. The van der Waals surface area contributed by atoms with Gasteiger partial charge in [-0.05, 0) is 18.2 Å². The number of aromatic nitrogens is 1. The molecule has 3 aromatic rings. The lowest BCUT2D eigenvalue weighted by molar-refractivity contribution is -0.686. The first kappa shape index (κ1) is 18.2. The van der Waals surface area contributed by atoms with Gasteiger partial charge < -0.3 is 14.8 Å². The number of hydrogen-bond donors (Lipinski definition) is 1. The van der Waals surface area contributed by atoms with Gasteiger partial charge in [0.25, 0.3) is 0 Å². The Hall–Kier alpha value is -2.56. The number of quaternary nitrogens is 1. The molecule has 134 valence electrons. The van der Waals surface area contributed by atoms with E-state index in [9.17, 15) is 0 Å². The van der Waals surface area contributed by atoms with Gasteiger partial charge in [-0.2, -0.15) is 0 Å². The Bertz CT molecular complexity index is 826. The van der Waals surface area contributed by atoms with E-state index in [1.54, 1.807) is 19.5 Å². The van der Waals surface area contributed by atoms with E-state index in [4.69, 9.17) is 21.1 Å². The van der Waals surface area contributed by atoms with Crippen LogP contribution >= 0.6 is 11.6 Å². The molecule has 0 spiro atoms. The molecule has 1 aromatic heterocycles. The molecule has 4 nitrogen and oxygen atoms in total. The Morgan fingerprint density at radius 3 is 2.46 bits per heavy atom. The molecular weight excluding hydrogens is 348 g/mol. The normalized spacial score (nSPS) is 10.5. The van der Waals surface area contributed by atoms with Crippen molar-refractivity contribution in [3.05, 3.63) is 88.7 Å². The number of nitrogens with zero attached hydrogens (tertiary/aromatic N) is 1. The van der Waals surface area contributed by atoms with Gasteiger partial charge in [-0.25, -0.2) is 0 Å². The fourth-order valence-corrected chi connectivity index (χ4v) is 2.98. The molecule has 2 aromatic carbocycles. The number of ether oxygens (including phenoxy) is 2. The highest BCUT2D eigenvalue weighted by atomic mass is 35.5. The standard InChI is InChI=1S/C21H21ClN2O2/c1-25-20-11-18(14-24-12-16-6-3-2-4-7-16)10-19(22)21(20)26-15-17-8-5-9-23-13-17/h2-11,13,24H,12,14-15H2,1H3/p+1. The van der Waals surface area contributed by atoms with Crippen molar-refractivity contribution in [3.8, 4) is 11.5 Å². The highest BCUT2D eigenvalue weighted by Gasteiger charge is 2.13. The molecule has 1 heterocycles. The minimum atomic E-state index is 0.392. The van der Waals surface area contributed by atoms with Crippen molar-refractivity contribution in [2.24, 2.45) is 0 Å². The third-order valence-electron chi connectivity index (χ3n) is 4.00. The van der Waals surface area contributed by atoms with E-state index < -0.39 is 0 Å². The molecule has 0 aliphatic rings. The topological polar surface area (TPSA) is 48.0 Å². The zero-order valence-corrected chi connectivity index (χ0v) is 15.4. The van der Waals surface area contributed by atoms with Crippen LogP contribution in [0.3, 0.4) is 0 Å². The van der Waals surface area contributed by atoms with E-state index >= 15 is 0 Å². The van der Waals surface area contributed by atoms with Crippen molar-refractivity contribution in [2.75, 3.05) is 7.11 Å². The second kappa shape index (κ2) is 9.22. The van der Waals surface area contributed by atoms with Gasteiger partial charge in [0.2, 0.25) is 0 Å². The van der Waals surface area contributed by atoms with Gasteiger partial charge in [0.05, 0.1) is 12.1 Å². The van der Waals surface area contributed by atoms with Crippen molar-refractivity contribution < 1.29 is 14.8 Å². The van der Waals surface area contributed by atoms with Crippen LogP contribution in [-0.4, -0.2) is 12.1 Å². The largest absolute Gasteiger partial charge is 0.493 e. The molecule has 0 saturated heterocycles. The van der Waals surface area contributed by atoms with Crippen LogP contribution in [0.15, 0.2) is 67.0 Å². The SMILES string of the molecule is COc1cc(C[NH2+]Cc2ccccc2)cc(Cl)c1OCc1cccnc1. The summed E-state index contributed by atoms with van der Waals surface area (Å²) in [4.78, 5) is 4.09. The summed E-state index contributed by atoms with van der Waals surface area (Å²) in [7, 11) is 1.63.